The molecule has 4 nitrogen and oxygen atoms in total. The largest absolute Gasteiger partial charge is 0.443 e. The molecule has 2 aliphatic heterocycles. The Labute approximate surface area is 78.2 Å². The van der Waals surface area contributed by atoms with Crippen molar-refractivity contribution in [1.82, 2.24) is 10.2 Å². The van der Waals surface area contributed by atoms with Crippen molar-refractivity contribution in [3.8, 4) is 0 Å². The predicted molar refractivity (Wildman–Crippen MR) is 48.5 cm³/mol. The molecule has 0 bridgehead atoms. The summed E-state index contributed by atoms with van der Waals surface area (Å²) in [5.74, 6) is 0.782. The van der Waals surface area contributed by atoms with Crippen molar-refractivity contribution in [2.75, 3.05) is 19.6 Å². The van der Waals surface area contributed by atoms with Gasteiger partial charge in [-0.3, -0.25) is 4.90 Å². The van der Waals surface area contributed by atoms with E-state index in [2.05, 4.69) is 24.1 Å². The van der Waals surface area contributed by atoms with Crippen LogP contribution in [0.1, 0.15) is 13.8 Å². The van der Waals surface area contributed by atoms with Gasteiger partial charge >= 0.3 is 6.09 Å². The van der Waals surface area contributed by atoms with Crippen LogP contribution in [0.3, 0.4) is 0 Å². The summed E-state index contributed by atoms with van der Waals surface area (Å²) in [6.45, 7) is 7.15. The van der Waals surface area contributed by atoms with Crippen LogP contribution in [0.2, 0.25) is 0 Å². The first-order valence-corrected chi connectivity index (χ1v) is 4.85. The Morgan fingerprint density at radius 1 is 1.62 bits per heavy atom. The van der Waals surface area contributed by atoms with E-state index in [1.165, 1.54) is 0 Å². The maximum Gasteiger partial charge on any atom is 0.407 e. The number of hydrogen-bond donors (Lipinski definition) is 1. The highest BCUT2D eigenvalue weighted by Gasteiger charge is 2.35. The van der Waals surface area contributed by atoms with Crippen molar-refractivity contribution < 1.29 is 9.53 Å². The first-order valence-electron chi connectivity index (χ1n) is 4.85. The molecule has 1 N–H and O–H groups in total. The van der Waals surface area contributed by atoms with Gasteiger partial charge in [0.05, 0.1) is 6.54 Å². The fourth-order valence-electron chi connectivity index (χ4n) is 1.95. The molecule has 13 heavy (non-hydrogen) atoms. The third-order valence-electron chi connectivity index (χ3n) is 3.11. The normalized spacial score (nSPS) is 39.5. The highest BCUT2D eigenvalue weighted by atomic mass is 16.6. The van der Waals surface area contributed by atoms with Gasteiger partial charge in [-0.25, -0.2) is 4.79 Å². The molecule has 3 unspecified atom stereocenters. The molecule has 2 saturated heterocycles. The second-order valence-corrected chi connectivity index (χ2v) is 4.08. The molecular weight excluding hydrogens is 168 g/mol. The van der Waals surface area contributed by atoms with E-state index in [1.807, 2.05) is 0 Å². The van der Waals surface area contributed by atoms with Crippen LogP contribution in [0, 0.1) is 5.92 Å². The summed E-state index contributed by atoms with van der Waals surface area (Å²) in [5, 5.41) is 2.66. The number of ether oxygens (including phenoxy) is 1. The molecule has 2 rings (SSSR count). The van der Waals surface area contributed by atoms with Crippen molar-refractivity contribution in [1.29, 1.82) is 0 Å². The van der Waals surface area contributed by atoms with E-state index >= 15 is 0 Å². The molecule has 0 spiro atoms. The Balaban J connectivity index is 1.76. The van der Waals surface area contributed by atoms with E-state index in [4.69, 9.17) is 4.74 Å². The number of carbonyl (C=O) groups is 1. The zero-order valence-electron chi connectivity index (χ0n) is 8.12. The van der Waals surface area contributed by atoms with Crippen molar-refractivity contribution in [2.45, 2.75) is 26.0 Å². The average Bonchev–Trinajstić information content (AvgIpc) is 2.50. The van der Waals surface area contributed by atoms with Gasteiger partial charge in [-0.1, -0.05) is 6.92 Å². The lowest BCUT2D eigenvalue weighted by atomic mass is 9.92. The minimum absolute atomic E-state index is 0.0578. The van der Waals surface area contributed by atoms with Gasteiger partial charge in [0.15, 0.2) is 0 Å². The summed E-state index contributed by atoms with van der Waals surface area (Å²) in [6.07, 6.45) is -0.214. The molecule has 0 aliphatic carbocycles. The molecule has 2 fully saturated rings. The Bertz CT molecular complexity index is 220. The van der Waals surface area contributed by atoms with Gasteiger partial charge in [0.1, 0.15) is 6.10 Å². The van der Waals surface area contributed by atoms with Crippen LogP contribution in [0.25, 0.3) is 0 Å². The van der Waals surface area contributed by atoms with Gasteiger partial charge in [-0.2, -0.15) is 0 Å². The van der Waals surface area contributed by atoms with Crippen LogP contribution in [-0.2, 0) is 4.74 Å². The lowest BCUT2D eigenvalue weighted by molar-refractivity contribution is 0.00390. The minimum atomic E-state index is -0.272. The zero-order chi connectivity index (χ0) is 9.42. The number of nitrogens with zero attached hydrogens (tertiary/aromatic N) is 1. The lowest BCUT2D eigenvalue weighted by Crippen LogP contribution is -2.55. The number of carbonyl (C=O) groups excluding carboxylic acids is 1. The van der Waals surface area contributed by atoms with E-state index < -0.39 is 0 Å². The first kappa shape index (κ1) is 8.81. The number of likely N-dealkylation sites (tertiary alicyclic amines) is 1. The smallest absolute Gasteiger partial charge is 0.407 e. The van der Waals surface area contributed by atoms with Gasteiger partial charge < -0.3 is 10.1 Å². The van der Waals surface area contributed by atoms with E-state index in [1.54, 1.807) is 0 Å². The van der Waals surface area contributed by atoms with E-state index in [0.29, 0.717) is 12.6 Å². The molecule has 3 atom stereocenters. The topological polar surface area (TPSA) is 41.6 Å². The van der Waals surface area contributed by atoms with Crippen molar-refractivity contribution in [2.24, 2.45) is 5.92 Å². The van der Waals surface area contributed by atoms with Gasteiger partial charge in [-0.05, 0) is 12.8 Å². The second kappa shape index (κ2) is 3.18. The summed E-state index contributed by atoms with van der Waals surface area (Å²) >= 11 is 0. The molecule has 2 aliphatic rings. The van der Waals surface area contributed by atoms with Crippen LogP contribution in [-0.4, -0.2) is 42.8 Å². The maximum absolute atomic E-state index is 10.7. The second-order valence-electron chi connectivity index (χ2n) is 4.08. The van der Waals surface area contributed by atoms with Crippen molar-refractivity contribution >= 4 is 6.09 Å². The van der Waals surface area contributed by atoms with Crippen LogP contribution in [0.5, 0.6) is 0 Å². The Morgan fingerprint density at radius 3 is 2.85 bits per heavy atom. The summed E-state index contributed by atoms with van der Waals surface area (Å²) in [4.78, 5) is 13.1. The number of hydrogen-bond acceptors (Lipinski definition) is 3. The fraction of sp³-hybridized carbons (Fsp3) is 0.889. The molecular formula is C9H16N2O2. The minimum Gasteiger partial charge on any atom is -0.443 e. The summed E-state index contributed by atoms with van der Waals surface area (Å²) in [7, 11) is 0. The van der Waals surface area contributed by atoms with E-state index in [-0.39, 0.29) is 12.2 Å². The zero-order valence-corrected chi connectivity index (χ0v) is 8.12. The summed E-state index contributed by atoms with van der Waals surface area (Å²) in [5.41, 5.74) is 0. The summed E-state index contributed by atoms with van der Waals surface area (Å²) < 4.78 is 5.06. The fourth-order valence-corrected chi connectivity index (χ4v) is 1.95. The molecule has 4 heteroatoms. The molecule has 0 saturated carbocycles. The number of cyclic esters (lactones) is 1. The lowest BCUT2D eigenvalue weighted by Gasteiger charge is -2.45. The molecule has 2 heterocycles. The average molecular weight is 184 g/mol. The van der Waals surface area contributed by atoms with Crippen LogP contribution >= 0.6 is 0 Å². The van der Waals surface area contributed by atoms with Crippen molar-refractivity contribution in [3.05, 3.63) is 0 Å². The van der Waals surface area contributed by atoms with Gasteiger partial charge in [0, 0.05) is 19.1 Å². The standard InChI is InChI=1S/C9H16N2O2/c1-6-4-11(7(6)2)5-8-3-10-9(12)13-8/h6-8H,3-5H2,1-2H3,(H,10,12). The highest BCUT2D eigenvalue weighted by molar-refractivity contribution is 5.69. The van der Waals surface area contributed by atoms with Gasteiger partial charge in [0.25, 0.3) is 0 Å². The molecule has 0 radical (unpaired) electrons. The quantitative estimate of drug-likeness (QED) is 0.677. The molecule has 1 amide bonds. The van der Waals surface area contributed by atoms with Gasteiger partial charge in [-0.15, -0.1) is 0 Å². The third kappa shape index (κ3) is 1.63. The predicted octanol–water partition coefficient (Wildman–Crippen LogP) is 0.435. The van der Waals surface area contributed by atoms with E-state index in [0.717, 1.165) is 19.0 Å². The number of amides is 1. The van der Waals surface area contributed by atoms with Crippen LogP contribution in [0.15, 0.2) is 0 Å². The molecule has 0 aromatic carbocycles. The SMILES string of the molecule is CC1CN(CC2CNC(=O)O2)C1C. The monoisotopic (exact) mass is 184 g/mol. The molecule has 0 aromatic rings. The van der Waals surface area contributed by atoms with E-state index in [9.17, 15) is 4.79 Å². The Hall–Kier alpha value is -0.770. The summed E-state index contributed by atoms with van der Waals surface area (Å²) in [6, 6.07) is 0.638. The van der Waals surface area contributed by atoms with Crippen LogP contribution in [0.4, 0.5) is 4.79 Å². The number of nitrogens with one attached hydrogen (secondary N) is 1. The van der Waals surface area contributed by atoms with Gasteiger partial charge in [0.2, 0.25) is 0 Å². The van der Waals surface area contributed by atoms with Crippen LogP contribution < -0.4 is 5.32 Å². The maximum atomic E-state index is 10.7. The number of alkyl carbamates (subject to hydrolysis) is 1. The van der Waals surface area contributed by atoms with Crippen molar-refractivity contribution in [3.63, 3.8) is 0 Å². The number of rotatable bonds is 2. The first-order chi connectivity index (χ1) is 6.16. The molecule has 74 valence electrons. The Kier molecular flexibility index (Phi) is 2.15. The Morgan fingerprint density at radius 2 is 2.38 bits per heavy atom. The molecule has 0 aromatic heterocycles. The third-order valence-corrected chi connectivity index (χ3v) is 3.11. The highest BCUT2D eigenvalue weighted by Crippen LogP contribution is 2.24.